The van der Waals surface area contributed by atoms with Gasteiger partial charge in [0.05, 0.1) is 0 Å². The Kier molecular flexibility index (Phi) is 11.7. The molecule has 0 radical (unpaired) electrons. The average molecular weight is 168 g/mol. The molecule has 0 aliphatic carbocycles. The van der Waals surface area contributed by atoms with Gasteiger partial charge in [-0.1, -0.05) is 49.2 Å². The highest BCUT2D eigenvalue weighted by Gasteiger charge is 1.79. The first-order valence-electron chi connectivity index (χ1n) is 4.27. The Morgan fingerprint density at radius 3 is 1.08 bits per heavy atom. The van der Waals surface area contributed by atoms with Crippen molar-refractivity contribution in [2.75, 3.05) is 7.11 Å². The van der Waals surface area contributed by atoms with E-state index in [2.05, 4.69) is 38.1 Å². The highest BCUT2D eigenvalue weighted by Crippen LogP contribution is 1.99. The van der Waals surface area contributed by atoms with Crippen LogP contribution in [0.3, 0.4) is 0 Å². The van der Waals surface area contributed by atoms with Crippen LogP contribution >= 0.6 is 0 Å². The average Bonchev–Trinajstić information content (AvgIpc) is 2.17. The van der Waals surface area contributed by atoms with Crippen LogP contribution in [0.25, 0.3) is 0 Å². The molecule has 1 heteroatoms. The van der Waals surface area contributed by atoms with Crippen molar-refractivity contribution < 1.29 is 5.11 Å². The van der Waals surface area contributed by atoms with Gasteiger partial charge in [-0.15, -0.1) is 0 Å². The SMILES string of the molecule is CC.CO.Cc1ccc(C)cc1. The Morgan fingerprint density at radius 2 is 0.917 bits per heavy atom. The maximum absolute atomic E-state index is 7.00. The summed E-state index contributed by atoms with van der Waals surface area (Å²) in [7, 11) is 1.00. The monoisotopic (exact) mass is 168 g/mol. The number of rotatable bonds is 0. The minimum absolute atomic E-state index is 1.00. The first-order chi connectivity index (χ1) is 5.79. The van der Waals surface area contributed by atoms with Crippen molar-refractivity contribution in [3.8, 4) is 0 Å². The van der Waals surface area contributed by atoms with E-state index in [1.807, 2.05) is 13.8 Å². The predicted octanol–water partition coefficient (Wildman–Crippen LogP) is 2.94. The summed E-state index contributed by atoms with van der Waals surface area (Å²) in [6, 6.07) is 8.48. The Balaban J connectivity index is 0. The van der Waals surface area contributed by atoms with Gasteiger partial charge in [-0.2, -0.15) is 0 Å². The highest BCUT2D eigenvalue weighted by molar-refractivity contribution is 5.19. The van der Waals surface area contributed by atoms with Crippen molar-refractivity contribution in [3.63, 3.8) is 0 Å². The van der Waals surface area contributed by atoms with Gasteiger partial charge < -0.3 is 5.11 Å². The Morgan fingerprint density at radius 1 is 0.750 bits per heavy atom. The van der Waals surface area contributed by atoms with Crippen molar-refractivity contribution in [2.45, 2.75) is 27.7 Å². The maximum Gasteiger partial charge on any atom is 0.0319 e. The van der Waals surface area contributed by atoms with Crippen LogP contribution in [0.1, 0.15) is 25.0 Å². The smallest absolute Gasteiger partial charge is 0.0319 e. The largest absolute Gasteiger partial charge is 0.400 e. The fourth-order valence-electron chi connectivity index (χ4n) is 0.637. The lowest BCUT2D eigenvalue weighted by atomic mass is 10.2. The minimum Gasteiger partial charge on any atom is -0.400 e. The molecule has 1 N–H and O–H groups in total. The molecule has 0 bridgehead atoms. The zero-order valence-electron chi connectivity index (χ0n) is 8.76. The summed E-state index contributed by atoms with van der Waals surface area (Å²) in [4.78, 5) is 0. The van der Waals surface area contributed by atoms with E-state index in [0.717, 1.165) is 7.11 Å². The molecule has 12 heavy (non-hydrogen) atoms. The van der Waals surface area contributed by atoms with Crippen LogP contribution in [0.2, 0.25) is 0 Å². The molecule has 0 heterocycles. The molecule has 1 rings (SSSR count). The molecular formula is C11H20O. The molecule has 1 nitrogen and oxygen atoms in total. The summed E-state index contributed by atoms with van der Waals surface area (Å²) in [5.41, 5.74) is 2.66. The molecular weight excluding hydrogens is 148 g/mol. The van der Waals surface area contributed by atoms with Gasteiger partial charge in [-0.05, 0) is 13.8 Å². The summed E-state index contributed by atoms with van der Waals surface area (Å²) < 4.78 is 0. The summed E-state index contributed by atoms with van der Waals surface area (Å²) in [6.45, 7) is 8.19. The number of aliphatic hydroxyl groups is 1. The first kappa shape index (κ1) is 13.7. The normalized spacial score (nSPS) is 7.17. The lowest BCUT2D eigenvalue weighted by Crippen LogP contribution is -1.70. The van der Waals surface area contributed by atoms with E-state index in [1.54, 1.807) is 0 Å². The van der Waals surface area contributed by atoms with Crippen molar-refractivity contribution in [3.05, 3.63) is 35.4 Å². The topological polar surface area (TPSA) is 20.2 Å². The van der Waals surface area contributed by atoms with Crippen LogP contribution in [0, 0.1) is 13.8 Å². The lowest BCUT2D eigenvalue weighted by molar-refractivity contribution is 0.399. The van der Waals surface area contributed by atoms with Gasteiger partial charge in [-0.25, -0.2) is 0 Å². The van der Waals surface area contributed by atoms with E-state index in [1.165, 1.54) is 11.1 Å². The molecule has 0 saturated carbocycles. The first-order valence-corrected chi connectivity index (χ1v) is 4.27. The Hall–Kier alpha value is -0.820. The van der Waals surface area contributed by atoms with Crippen LogP contribution in [0.4, 0.5) is 0 Å². The van der Waals surface area contributed by atoms with Gasteiger partial charge in [-0.3, -0.25) is 0 Å². The van der Waals surface area contributed by atoms with E-state index in [-0.39, 0.29) is 0 Å². The van der Waals surface area contributed by atoms with Crippen LogP contribution < -0.4 is 0 Å². The zero-order valence-corrected chi connectivity index (χ0v) is 8.76. The Bertz CT molecular complexity index is 144. The summed E-state index contributed by atoms with van der Waals surface area (Å²) in [6.07, 6.45) is 0. The molecule has 0 atom stereocenters. The van der Waals surface area contributed by atoms with E-state index < -0.39 is 0 Å². The van der Waals surface area contributed by atoms with Gasteiger partial charge in [0.15, 0.2) is 0 Å². The molecule has 0 spiro atoms. The molecule has 0 fully saturated rings. The van der Waals surface area contributed by atoms with Crippen LogP contribution in [-0.4, -0.2) is 12.2 Å². The third-order valence-electron chi connectivity index (χ3n) is 1.22. The molecule has 1 aromatic carbocycles. The van der Waals surface area contributed by atoms with E-state index in [0.29, 0.717) is 0 Å². The van der Waals surface area contributed by atoms with Crippen molar-refractivity contribution in [1.29, 1.82) is 0 Å². The minimum atomic E-state index is 1.00. The second kappa shape index (κ2) is 10.2. The summed E-state index contributed by atoms with van der Waals surface area (Å²) >= 11 is 0. The fourth-order valence-corrected chi connectivity index (χ4v) is 0.637. The van der Waals surface area contributed by atoms with Crippen molar-refractivity contribution in [2.24, 2.45) is 0 Å². The Labute approximate surface area is 76.1 Å². The number of hydrogen-bond donors (Lipinski definition) is 1. The standard InChI is InChI=1S/C8H10.C2H6.CH4O/c1-7-3-5-8(2)6-4-7;2*1-2/h3-6H,1-2H3;1-2H3;2H,1H3. The van der Waals surface area contributed by atoms with Crippen LogP contribution in [-0.2, 0) is 0 Å². The molecule has 0 amide bonds. The van der Waals surface area contributed by atoms with Gasteiger partial charge >= 0.3 is 0 Å². The van der Waals surface area contributed by atoms with Crippen molar-refractivity contribution in [1.82, 2.24) is 0 Å². The second-order valence-corrected chi connectivity index (χ2v) is 2.15. The number of benzene rings is 1. The van der Waals surface area contributed by atoms with Gasteiger partial charge in [0.25, 0.3) is 0 Å². The molecule has 0 saturated heterocycles. The van der Waals surface area contributed by atoms with Crippen molar-refractivity contribution >= 4 is 0 Å². The highest BCUT2D eigenvalue weighted by atomic mass is 16.2. The molecule has 0 aliphatic rings. The molecule has 70 valence electrons. The predicted molar refractivity (Wildman–Crippen MR) is 55.4 cm³/mol. The van der Waals surface area contributed by atoms with Crippen LogP contribution in [0.15, 0.2) is 24.3 Å². The lowest BCUT2D eigenvalue weighted by Gasteiger charge is -1.90. The number of aryl methyl sites for hydroxylation is 2. The van der Waals surface area contributed by atoms with Gasteiger partial charge in [0.1, 0.15) is 0 Å². The van der Waals surface area contributed by atoms with Gasteiger partial charge in [0.2, 0.25) is 0 Å². The molecule has 0 aliphatic heterocycles. The number of aliphatic hydroxyl groups excluding tert-OH is 1. The third kappa shape index (κ3) is 7.29. The quantitative estimate of drug-likeness (QED) is 0.631. The molecule has 0 aromatic heterocycles. The van der Waals surface area contributed by atoms with Gasteiger partial charge in [0, 0.05) is 7.11 Å². The summed E-state index contributed by atoms with van der Waals surface area (Å²) in [5, 5.41) is 7.00. The zero-order chi connectivity index (χ0) is 9.98. The van der Waals surface area contributed by atoms with E-state index >= 15 is 0 Å². The van der Waals surface area contributed by atoms with E-state index in [4.69, 9.17) is 5.11 Å². The second-order valence-electron chi connectivity index (χ2n) is 2.15. The molecule has 0 unspecified atom stereocenters. The third-order valence-corrected chi connectivity index (χ3v) is 1.22. The fraction of sp³-hybridized carbons (Fsp3) is 0.455. The maximum atomic E-state index is 7.00. The van der Waals surface area contributed by atoms with E-state index in [9.17, 15) is 0 Å². The van der Waals surface area contributed by atoms with Crippen LogP contribution in [0.5, 0.6) is 0 Å². The molecule has 1 aromatic rings. The summed E-state index contributed by atoms with van der Waals surface area (Å²) in [5.74, 6) is 0. The number of hydrogen-bond acceptors (Lipinski definition) is 1.